The summed E-state index contributed by atoms with van der Waals surface area (Å²) in [7, 11) is 0. The lowest BCUT2D eigenvalue weighted by molar-refractivity contribution is -0.142. The van der Waals surface area contributed by atoms with Crippen molar-refractivity contribution in [1.82, 2.24) is 0 Å². The summed E-state index contributed by atoms with van der Waals surface area (Å²) in [6, 6.07) is 4.61. The molecular formula is C13H15ClN2O3. The number of carbonyl (C=O) groups is 2. The number of anilines is 1. The molecule has 0 heterocycles. The van der Waals surface area contributed by atoms with Gasteiger partial charge >= 0.3 is 5.97 Å². The molecule has 0 spiro atoms. The van der Waals surface area contributed by atoms with E-state index in [0.717, 1.165) is 12.8 Å². The molecule has 19 heavy (non-hydrogen) atoms. The number of hydrogen-bond donors (Lipinski definition) is 3. The number of primary amides is 1. The Bertz CT molecular complexity index is 543. The van der Waals surface area contributed by atoms with Gasteiger partial charge in [0.05, 0.1) is 10.6 Å². The van der Waals surface area contributed by atoms with Gasteiger partial charge in [-0.1, -0.05) is 11.6 Å². The molecule has 1 fully saturated rings. The lowest BCUT2D eigenvalue weighted by atomic mass is 9.95. The summed E-state index contributed by atoms with van der Waals surface area (Å²) < 4.78 is 0. The fourth-order valence-electron chi connectivity index (χ4n) is 2.08. The summed E-state index contributed by atoms with van der Waals surface area (Å²) in [5.74, 6) is -1.40. The van der Waals surface area contributed by atoms with E-state index in [2.05, 4.69) is 5.32 Å². The number of amides is 1. The Labute approximate surface area is 115 Å². The number of halogens is 1. The first kappa shape index (κ1) is 13.7. The highest BCUT2D eigenvalue weighted by atomic mass is 35.5. The standard InChI is InChI=1S/C13H15ClN2O3/c1-13(12(18)19,7-2-3-7)16-8-4-5-9(11(15)17)10(14)6-8/h4-7,16H,2-3H2,1H3,(H2,15,17)(H,18,19). The third kappa shape index (κ3) is 2.66. The zero-order valence-electron chi connectivity index (χ0n) is 10.4. The molecule has 1 aliphatic carbocycles. The number of aliphatic carboxylic acids is 1. The van der Waals surface area contributed by atoms with E-state index in [-0.39, 0.29) is 16.5 Å². The number of nitrogens with two attached hydrogens (primary N) is 1. The van der Waals surface area contributed by atoms with Crippen LogP contribution in [0, 0.1) is 5.92 Å². The van der Waals surface area contributed by atoms with Gasteiger partial charge in [0.2, 0.25) is 5.91 Å². The van der Waals surface area contributed by atoms with Gasteiger partial charge in [0.15, 0.2) is 0 Å². The number of benzene rings is 1. The maximum Gasteiger partial charge on any atom is 0.329 e. The van der Waals surface area contributed by atoms with E-state index < -0.39 is 17.4 Å². The summed E-state index contributed by atoms with van der Waals surface area (Å²) in [5.41, 5.74) is 4.92. The number of rotatable bonds is 5. The van der Waals surface area contributed by atoms with Crippen LogP contribution in [-0.4, -0.2) is 22.5 Å². The van der Waals surface area contributed by atoms with E-state index >= 15 is 0 Å². The van der Waals surface area contributed by atoms with Gasteiger partial charge in [0.1, 0.15) is 5.54 Å². The Kier molecular flexibility index (Phi) is 3.41. The molecule has 0 aliphatic heterocycles. The van der Waals surface area contributed by atoms with E-state index in [1.807, 2.05) is 0 Å². The highest BCUT2D eigenvalue weighted by molar-refractivity contribution is 6.34. The summed E-state index contributed by atoms with van der Waals surface area (Å²) in [6.07, 6.45) is 1.78. The van der Waals surface area contributed by atoms with Crippen molar-refractivity contribution in [2.24, 2.45) is 11.7 Å². The van der Waals surface area contributed by atoms with Gasteiger partial charge in [-0.15, -0.1) is 0 Å². The fraction of sp³-hybridized carbons (Fsp3) is 0.385. The highest BCUT2D eigenvalue weighted by Gasteiger charge is 2.47. The van der Waals surface area contributed by atoms with Crippen LogP contribution >= 0.6 is 11.6 Å². The van der Waals surface area contributed by atoms with Gasteiger partial charge in [-0.3, -0.25) is 4.79 Å². The zero-order valence-corrected chi connectivity index (χ0v) is 11.2. The van der Waals surface area contributed by atoms with E-state index in [0.29, 0.717) is 5.69 Å². The number of carbonyl (C=O) groups excluding carboxylic acids is 1. The number of carboxylic acids is 1. The molecule has 1 aromatic rings. The normalized spacial score (nSPS) is 17.6. The minimum atomic E-state index is -1.02. The molecule has 5 nitrogen and oxygen atoms in total. The van der Waals surface area contributed by atoms with Crippen LogP contribution in [0.3, 0.4) is 0 Å². The van der Waals surface area contributed by atoms with Gasteiger partial charge in [-0.25, -0.2) is 4.79 Å². The molecule has 0 saturated heterocycles. The minimum absolute atomic E-state index is 0.111. The van der Waals surface area contributed by atoms with Crippen molar-refractivity contribution >= 4 is 29.2 Å². The molecule has 1 atom stereocenters. The van der Waals surface area contributed by atoms with E-state index in [1.54, 1.807) is 13.0 Å². The molecular weight excluding hydrogens is 268 g/mol. The number of carboxylic acid groups (broad SMARTS) is 1. The Morgan fingerprint density at radius 3 is 2.53 bits per heavy atom. The van der Waals surface area contributed by atoms with Gasteiger partial charge in [-0.2, -0.15) is 0 Å². The Morgan fingerprint density at radius 2 is 2.11 bits per heavy atom. The Hall–Kier alpha value is -1.75. The van der Waals surface area contributed by atoms with Crippen molar-refractivity contribution in [1.29, 1.82) is 0 Å². The van der Waals surface area contributed by atoms with Crippen LogP contribution < -0.4 is 11.1 Å². The molecule has 1 aliphatic rings. The van der Waals surface area contributed by atoms with Crippen molar-refractivity contribution in [2.45, 2.75) is 25.3 Å². The predicted molar refractivity (Wildman–Crippen MR) is 72.4 cm³/mol. The zero-order chi connectivity index (χ0) is 14.2. The average molecular weight is 283 g/mol. The van der Waals surface area contributed by atoms with E-state index in [4.69, 9.17) is 17.3 Å². The molecule has 1 saturated carbocycles. The van der Waals surface area contributed by atoms with Crippen LogP contribution in [0.4, 0.5) is 5.69 Å². The molecule has 102 valence electrons. The van der Waals surface area contributed by atoms with Crippen molar-refractivity contribution in [3.05, 3.63) is 28.8 Å². The van der Waals surface area contributed by atoms with Gasteiger partial charge in [-0.05, 0) is 43.9 Å². The molecule has 6 heteroatoms. The fourth-order valence-corrected chi connectivity index (χ4v) is 2.36. The molecule has 4 N–H and O–H groups in total. The van der Waals surface area contributed by atoms with Crippen molar-refractivity contribution in [3.8, 4) is 0 Å². The SMILES string of the molecule is CC(Nc1ccc(C(N)=O)c(Cl)c1)(C(=O)O)C1CC1. The van der Waals surface area contributed by atoms with Gasteiger partial charge in [0, 0.05) is 5.69 Å². The van der Waals surface area contributed by atoms with Gasteiger partial charge < -0.3 is 16.2 Å². The quantitative estimate of drug-likeness (QED) is 0.771. The van der Waals surface area contributed by atoms with Crippen molar-refractivity contribution in [2.75, 3.05) is 5.32 Å². The third-order valence-electron chi connectivity index (χ3n) is 3.48. The summed E-state index contributed by atoms with van der Waals surface area (Å²) >= 11 is 5.94. The number of hydrogen-bond acceptors (Lipinski definition) is 3. The molecule has 1 aromatic carbocycles. The Morgan fingerprint density at radius 1 is 1.47 bits per heavy atom. The van der Waals surface area contributed by atoms with Crippen molar-refractivity contribution < 1.29 is 14.7 Å². The van der Waals surface area contributed by atoms with Crippen LogP contribution in [0.1, 0.15) is 30.1 Å². The van der Waals surface area contributed by atoms with E-state index in [9.17, 15) is 14.7 Å². The molecule has 0 aromatic heterocycles. The average Bonchev–Trinajstić information content (AvgIpc) is 3.11. The van der Waals surface area contributed by atoms with Crippen LogP contribution in [0.2, 0.25) is 5.02 Å². The number of nitrogens with one attached hydrogen (secondary N) is 1. The molecule has 1 amide bonds. The van der Waals surface area contributed by atoms with Gasteiger partial charge in [0.25, 0.3) is 0 Å². The van der Waals surface area contributed by atoms with Crippen LogP contribution in [0.15, 0.2) is 18.2 Å². The largest absolute Gasteiger partial charge is 0.480 e. The monoisotopic (exact) mass is 282 g/mol. The topological polar surface area (TPSA) is 92.4 Å². The second-order valence-electron chi connectivity index (χ2n) is 4.97. The van der Waals surface area contributed by atoms with Crippen LogP contribution in [0.25, 0.3) is 0 Å². The lowest BCUT2D eigenvalue weighted by Gasteiger charge is -2.27. The van der Waals surface area contributed by atoms with Crippen molar-refractivity contribution in [3.63, 3.8) is 0 Å². The van der Waals surface area contributed by atoms with Crippen LogP contribution in [-0.2, 0) is 4.79 Å². The smallest absolute Gasteiger partial charge is 0.329 e. The second kappa shape index (κ2) is 4.74. The first-order valence-corrected chi connectivity index (χ1v) is 6.33. The predicted octanol–water partition coefficient (Wildman–Crippen LogP) is 2.10. The maximum absolute atomic E-state index is 11.4. The first-order valence-electron chi connectivity index (χ1n) is 5.95. The summed E-state index contributed by atoms with van der Waals surface area (Å²) in [5, 5.41) is 12.5. The maximum atomic E-state index is 11.4. The summed E-state index contributed by atoms with van der Waals surface area (Å²) in [6.45, 7) is 1.66. The highest BCUT2D eigenvalue weighted by Crippen LogP contribution is 2.41. The lowest BCUT2D eigenvalue weighted by Crippen LogP contribution is -2.45. The molecule has 1 unspecified atom stereocenters. The van der Waals surface area contributed by atoms with E-state index in [1.165, 1.54) is 12.1 Å². The van der Waals surface area contributed by atoms with Crippen LogP contribution in [0.5, 0.6) is 0 Å². The minimum Gasteiger partial charge on any atom is -0.480 e. The first-order chi connectivity index (χ1) is 8.84. The summed E-state index contributed by atoms with van der Waals surface area (Å²) in [4.78, 5) is 22.5. The Balaban J connectivity index is 2.25. The third-order valence-corrected chi connectivity index (χ3v) is 3.79. The molecule has 0 radical (unpaired) electrons. The molecule has 0 bridgehead atoms. The second-order valence-corrected chi connectivity index (χ2v) is 5.37. The molecule has 2 rings (SSSR count).